The van der Waals surface area contributed by atoms with Crippen LogP contribution in [0.15, 0.2) is 23.3 Å². The fourth-order valence-electron chi connectivity index (χ4n) is 6.93. The number of nitrogens with one attached hydrogen (secondary N) is 1. The fourth-order valence-corrected chi connectivity index (χ4v) is 7.07. The van der Waals surface area contributed by atoms with Crippen molar-refractivity contribution in [3.05, 3.63) is 57.1 Å². The van der Waals surface area contributed by atoms with Crippen molar-refractivity contribution in [1.82, 2.24) is 20.2 Å². The zero-order chi connectivity index (χ0) is 39.6. The van der Waals surface area contributed by atoms with E-state index in [2.05, 4.69) is 39.3 Å². The lowest BCUT2D eigenvalue weighted by atomic mass is 9.82. The number of carbonyl (C=O) groups is 2. The summed E-state index contributed by atoms with van der Waals surface area (Å²) in [7, 11) is 0. The van der Waals surface area contributed by atoms with Crippen molar-refractivity contribution in [3.63, 3.8) is 0 Å². The van der Waals surface area contributed by atoms with Gasteiger partial charge >= 0.3 is 0 Å². The van der Waals surface area contributed by atoms with Crippen molar-refractivity contribution in [2.45, 2.75) is 121 Å². The van der Waals surface area contributed by atoms with Crippen LogP contribution >= 0.6 is 11.6 Å². The molecule has 1 aromatic carbocycles. The second kappa shape index (κ2) is 23.6. The van der Waals surface area contributed by atoms with Gasteiger partial charge in [0.1, 0.15) is 35.0 Å². The highest BCUT2D eigenvalue weighted by Gasteiger charge is 2.31. The van der Waals surface area contributed by atoms with Gasteiger partial charge in [-0.2, -0.15) is 0 Å². The number of aryl methyl sites for hydroxylation is 1. The van der Waals surface area contributed by atoms with Crippen molar-refractivity contribution in [2.24, 2.45) is 22.2 Å². The van der Waals surface area contributed by atoms with E-state index in [1.807, 2.05) is 4.90 Å². The number of aliphatic imine (C=N–C) groups is 1. The van der Waals surface area contributed by atoms with Crippen LogP contribution in [-0.4, -0.2) is 128 Å². The molecule has 16 heteroatoms. The van der Waals surface area contributed by atoms with E-state index in [-0.39, 0.29) is 28.9 Å². The Kier molecular flexibility index (Phi) is 19.7. The largest absolute Gasteiger partial charge is 0.394 e. The van der Waals surface area contributed by atoms with Gasteiger partial charge in [-0.15, -0.1) is 0 Å². The number of aromatic nitrogens is 2. The molecule has 2 aromatic rings. The first-order valence-electron chi connectivity index (χ1n) is 19.2. The molecule has 1 aliphatic rings. The summed E-state index contributed by atoms with van der Waals surface area (Å²) in [6.45, 7) is 3.67. The van der Waals surface area contributed by atoms with Gasteiger partial charge < -0.3 is 53.0 Å². The highest BCUT2D eigenvalue weighted by molar-refractivity contribution is 6.29. The number of fused-ring (bicyclic) bond motifs is 1. The number of amides is 2. The molecule has 15 nitrogen and oxygen atoms in total. The van der Waals surface area contributed by atoms with Crippen molar-refractivity contribution in [2.75, 3.05) is 39.3 Å². The van der Waals surface area contributed by atoms with E-state index >= 15 is 0 Å². The molecule has 0 bridgehead atoms. The fraction of sp³-hybridized carbons (Fsp3) is 0.658. The minimum Gasteiger partial charge on any atom is -0.394 e. The number of aliphatic hydroxyl groups is 5. The number of hydrogen-bond donors (Lipinski definition) is 9. The maximum absolute atomic E-state index is 12.6. The van der Waals surface area contributed by atoms with Crippen LogP contribution < -0.4 is 22.5 Å². The van der Waals surface area contributed by atoms with Crippen molar-refractivity contribution in [3.8, 4) is 0 Å². The van der Waals surface area contributed by atoms with Crippen LogP contribution in [0.5, 0.6) is 0 Å². The number of benzene rings is 1. The molecule has 2 amide bonds. The molecule has 0 saturated carbocycles. The van der Waals surface area contributed by atoms with Gasteiger partial charge in [0.2, 0.25) is 5.91 Å². The molecule has 0 aliphatic heterocycles. The Hall–Kier alpha value is -3.28. The predicted octanol–water partition coefficient (Wildman–Crippen LogP) is 0.530. The van der Waals surface area contributed by atoms with Crippen LogP contribution in [-0.2, 0) is 30.5 Å². The first kappa shape index (κ1) is 45.1. The zero-order valence-electron chi connectivity index (χ0n) is 31.5. The van der Waals surface area contributed by atoms with Gasteiger partial charge in [0.15, 0.2) is 5.69 Å². The molecule has 1 aliphatic carbocycles. The lowest BCUT2D eigenvalue weighted by molar-refractivity contribution is -0.120. The molecule has 0 fully saturated rings. The van der Waals surface area contributed by atoms with Crippen LogP contribution in [0.3, 0.4) is 0 Å². The van der Waals surface area contributed by atoms with E-state index in [0.29, 0.717) is 39.0 Å². The Bertz CT molecular complexity index is 1520. The van der Waals surface area contributed by atoms with E-state index in [9.17, 15) is 30.0 Å². The second-order valence-electron chi connectivity index (χ2n) is 14.2. The number of unbranched alkanes of at least 4 members (excludes halogenated alkanes) is 4. The number of primary amides is 2. The van der Waals surface area contributed by atoms with E-state index in [1.165, 1.54) is 22.9 Å². The van der Waals surface area contributed by atoms with Crippen LogP contribution in [0, 0.1) is 0 Å². The zero-order valence-corrected chi connectivity index (χ0v) is 32.3. The smallest absolute Gasteiger partial charge is 0.269 e. The summed E-state index contributed by atoms with van der Waals surface area (Å²) in [6, 6.07) is 3.71. The molecule has 1 heterocycles. The lowest BCUT2D eigenvalue weighted by Crippen LogP contribution is -2.50. The minimum absolute atomic E-state index is 0.0387. The van der Waals surface area contributed by atoms with Crippen LogP contribution in [0.2, 0.25) is 5.15 Å². The van der Waals surface area contributed by atoms with Gasteiger partial charge in [-0.3, -0.25) is 14.6 Å². The number of aliphatic hydroxyl groups excluding tert-OH is 5. The molecule has 0 radical (unpaired) electrons. The summed E-state index contributed by atoms with van der Waals surface area (Å²) in [4.78, 5) is 38.8. The van der Waals surface area contributed by atoms with E-state index < -0.39 is 48.9 Å². The normalized spacial score (nSPS) is 16.1. The number of halogens is 1. The molecule has 0 spiro atoms. The number of nitrogens with two attached hydrogens (primary N) is 3. The van der Waals surface area contributed by atoms with Gasteiger partial charge in [-0.05, 0) is 106 Å². The standard InChI is InChI=1S/C38H61ClN8O7/c1-2-3-4-9-18-47(22-29(49)34(51)35(52)30(50)23-48)19-10-17-43-28(37(41)53)20-25-15-14-24(26-12-5-6-13-27(25)26)11-7-8-16-44-36(40)32-33(38(42)54)46-31(39)21-45-32/h14-15,21,28-30,34-35,43,48-52H,2-13,16-20,22-23H2,1H3,(H2,40,44)(H2,41,53)(H2,42,54). The van der Waals surface area contributed by atoms with Crippen molar-refractivity contribution >= 4 is 29.3 Å². The number of nitrogens with zero attached hydrogens (tertiary/aromatic N) is 4. The maximum atomic E-state index is 12.6. The van der Waals surface area contributed by atoms with Gasteiger partial charge in [0.05, 0.1) is 24.9 Å². The average Bonchev–Trinajstić information content (AvgIpc) is 3.16. The molecule has 5 atom stereocenters. The summed E-state index contributed by atoms with van der Waals surface area (Å²) in [6.07, 6.45) is 6.94. The third-order valence-electron chi connectivity index (χ3n) is 9.99. The van der Waals surface area contributed by atoms with E-state index in [1.54, 1.807) is 0 Å². The number of carbonyl (C=O) groups excluding carboxylic acids is 2. The molecule has 302 valence electrons. The number of rotatable bonds is 26. The van der Waals surface area contributed by atoms with Gasteiger partial charge in [0.25, 0.3) is 5.91 Å². The van der Waals surface area contributed by atoms with Crippen molar-refractivity contribution in [1.29, 1.82) is 0 Å². The third-order valence-corrected chi connectivity index (χ3v) is 10.2. The Labute approximate surface area is 323 Å². The van der Waals surface area contributed by atoms with Crippen LogP contribution in [0.25, 0.3) is 0 Å². The molecule has 5 unspecified atom stereocenters. The molecule has 12 N–H and O–H groups in total. The molecule has 1 aromatic heterocycles. The lowest BCUT2D eigenvalue weighted by Gasteiger charge is -2.30. The molecule has 3 rings (SSSR count). The van der Waals surface area contributed by atoms with Crippen LogP contribution in [0.1, 0.15) is 103 Å². The summed E-state index contributed by atoms with van der Waals surface area (Å²) < 4.78 is 0. The minimum atomic E-state index is -1.67. The predicted molar refractivity (Wildman–Crippen MR) is 208 cm³/mol. The quantitative estimate of drug-likeness (QED) is 0.0360. The average molecular weight is 777 g/mol. The summed E-state index contributed by atoms with van der Waals surface area (Å²) in [5.74, 6) is -1.13. The Morgan fingerprint density at radius 1 is 0.907 bits per heavy atom. The summed E-state index contributed by atoms with van der Waals surface area (Å²) >= 11 is 5.84. The maximum Gasteiger partial charge on any atom is 0.269 e. The molecular formula is C38H61ClN8O7. The SMILES string of the molecule is CCCCCCN(CCCNC(Cc1ccc(CCCCN=C(N)c2ncc(Cl)nc2C(N)=O)c2c1CCCC2)C(N)=O)CC(O)C(O)C(O)C(O)CO. The summed E-state index contributed by atoms with van der Waals surface area (Å²) in [5.41, 5.74) is 22.4. The number of hydrogen-bond acceptors (Lipinski definition) is 12. The second-order valence-corrected chi connectivity index (χ2v) is 14.5. The molecular weight excluding hydrogens is 716 g/mol. The first-order chi connectivity index (χ1) is 25.9. The van der Waals surface area contributed by atoms with Gasteiger partial charge in [0, 0.05) is 13.1 Å². The first-order valence-corrected chi connectivity index (χ1v) is 19.6. The monoisotopic (exact) mass is 776 g/mol. The third kappa shape index (κ3) is 14.1. The Balaban J connectivity index is 1.57. The highest BCUT2D eigenvalue weighted by atomic mass is 35.5. The molecule has 54 heavy (non-hydrogen) atoms. The molecule has 0 saturated heterocycles. The van der Waals surface area contributed by atoms with Crippen LogP contribution in [0.4, 0.5) is 0 Å². The highest BCUT2D eigenvalue weighted by Crippen LogP contribution is 2.30. The van der Waals surface area contributed by atoms with Gasteiger partial charge in [-0.25, -0.2) is 9.97 Å². The van der Waals surface area contributed by atoms with Gasteiger partial charge in [-0.1, -0.05) is 49.9 Å². The topological polar surface area (TPSA) is 267 Å². The van der Waals surface area contributed by atoms with E-state index in [4.69, 9.17) is 33.9 Å². The van der Waals surface area contributed by atoms with E-state index in [0.717, 1.165) is 76.2 Å². The number of amidine groups is 1. The Morgan fingerprint density at radius 2 is 1.57 bits per heavy atom. The summed E-state index contributed by atoms with van der Waals surface area (Å²) in [5, 5.41) is 53.2. The van der Waals surface area contributed by atoms with Crippen molar-refractivity contribution < 1.29 is 35.1 Å². The Morgan fingerprint density at radius 3 is 2.24 bits per heavy atom.